The van der Waals surface area contributed by atoms with Gasteiger partial charge in [0.05, 0.1) is 6.61 Å². The molecule has 2 N–H and O–H groups in total. The summed E-state index contributed by atoms with van der Waals surface area (Å²) in [5.74, 6) is 0. The average molecular weight is 287 g/mol. The molecule has 0 radical (unpaired) electrons. The topological polar surface area (TPSA) is 61.8 Å². The summed E-state index contributed by atoms with van der Waals surface area (Å²) < 4.78 is 5.24. The van der Waals surface area contributed by atoms with Gasteiger partial charge in [-0.05, 0) is 5.56 Å². The van der Waals surface area contributed by atoms with Crippen LogP contribution in [0.15, 0.2) is 30.3 Å². The molecular formula is C13H19ClN2O3. The predicted octanol–water partition coefficient (Wildman–Crippen LogP) is 1.01. The van der Waals surface area contributed by atoms with E-state index in [2.05, 4.69) is 5.32 Å². The molecule has 0 bridgehead atoms. The van der Waals surface area contributed by atoms with Crippen molar-refractivity contribution in [1.29, 1.82) is 0 Å². The molecule has 6 heteroatoms. The first-order valence-corrected chi connectivity index (χ1v) is 6.09. The van der Waals surface area contributed by atoms with Crippen molar-refractivity contribution in [2.45, 2.75) is 12.6 Å². The van der Waals surface area contributed by atoms with Gasteiger partial charge in [-0.3, -0.25) is 0 Å². The van der Waals surface area contributed by atoms with E-state index in [1.54, 1.807) is 4.90 Å². The number of aliphatic hydroxyl groups is 1. The number of rotatable bonds is 3. The van der Waals surface area contributed by atoms with Crippen molar-refractivity contribution >= 4 is 18.5 Å². The van der Waals surface area contributed by atoms with Crippen LogP contribution in [0.4, 0.5) is 4.79 Å². The largest absolute Gasteiger partial charge is 0.445 e. The van der Waals surface area contributed by atoms with E-state index in [4.69, 9.17) is 9.84 Å². The molecule has 0 saturated carbocycles. The van der Waals surface area contributed by atoms with Gasteiger partial charge >= 0.3 is 6.09 Å². The van der Waals surface area contributed by atoms with Crippen molar-refractivity contribution in [3.8, 4) is 0 Å². The number of hydrogen-bond donors (Lipinski definition) is 2. The number of ether oxygens (including phenoxy) is 1. The lowest BCUT2D eigenvalue weighted by molar-refractivity contribution is 0.0781. The second-order valence-electron chi connectivity index (χ2n) is 4.32. The lowest BCUT2D eigenvalue weighted by Gasteiger charge is -2.31. The lowest BCUT2D eigenvalue weighted by atomic mass is 10.2. The Balaban J connectivity index is 0.00000180. The van der Waals surface area contributed by atoms with E-state index in [0.717, 1.165) is 5.56 Å². The van der Waals surface area contributed by atoms with Crippen LogP contribution in [0.25, 0.3) is 0 Å². The molecule has 0 aromatic heterocycles. The Hall–Kier alpha value is -1.30. The molecule has 1 heterocycles. The average Bonchev–Trinajstić information content (AvgIpc) is 2.46. The number of carbonyl (C=O) groups excluding carboxylic acids is 1. The fraction of sp³-hybridized carbons (Fsp3) is 0.462. The molecule has 1 aromatic carbocycles. The zero-order valence-corrected chi connectivity index (χ0v) is 11.4. The fourth-order valence-corrected chi connectivity index (χ4v) is 1.92. The SMILES string of the molecule is Cl.O=C(OCc1ccccc1)N1CCN[C@@H](CO)C1. The number of benzene rings is 1. The van der Waals surface area contributed by atoms with Gasteiger partial charge in [-0.1, -0.05) is 30.3 Å². The monoisotopic (exact) mass is 286 g/mol. The molecule has 1 aliphatic rings. The Labute approximate surface area is 119 Å². The smallest absolute Gasteiger partial charge is 0.410 e. The Kier molecular flexibility index (Phi) is 6.62. The van der Waals surface area contributed by atoms with Crippen LogP contribution in [0.1, 0.15) is 5.56 Å². The Morgan fingerprint density at radius 3 is 2.84 bits per heavy atom. The summed E-state index contributed by atoms with van der Waals surface area (Å²) in [6, 6.07) is 9.53. The molecule has 2 rings (SSSR count). The van der Waals surface area contributed by atoms with Gasteiger partial charge in [-0.25, -0.2) is 4.79 Å². The molecule has 1 aliphatic heterocycles. The Morgan fingerprint density at radius 2 is 2.16 bits per heavy atom. The maximum Gasteiger partial charge on any atom is 0.410 e. The first-order chi connectivity index (χ1) is 8.79. The van der Waals surface area contributed by atoms with Crippen molar-refractivity contribution in [2.24, 2.45) is 0 Å². The van der Waals surface area contributed by atoms with Crippen molar-refractivity contribution in [3.63, 3.8) is 0 Å². The van der Waals surface area contributed by atoms with E-state index >= 15 is 0 Å². The number of amides is 1. The molecule has 1 atom stereocenters. The Bertz CT molecular complexity index is 389. The van der Waals surface area contributed by atoms with Crippen LogP contribution in [0.5, 0.6) is 0 Å². The van der Waals surface area contributed by atoms with E-state index in [0.29, 0.717) is 19.6 Å². The highest BCUT2D eigenvalue weighted by Crippen LogP contribution is 2.05. The normalized spacial score (nSPS) is 18.6. The lowest BCUT2D eigenvalue weighted by Crippen LogP contribution is -2.54. The second-order valence-corrected chi connectivity index (χ2v) is 4.32. The number of hydrogen-bond acceptors (Lipinski definition) is 4. The first-order valence-electron chi connectivity index (χ1n) is 6.09. The molecule has 19 heavy (non-hydrogen) atoms. The quantitative estimate of drug-likeness (QED) is 0.871. The highest BCUT2D eigenvalue weighted by atomic mass is 35.5. The summed E-state index contributed by atoms with van der Waals surface area (Å²) in [4.78, 5) is 13.5. The second kappa shape index (κ2) is 7.99. The Morgan fingerprint density at radius 1 is 1.42 bits per heavy atom. The van der Waals surface area contributed by atoms with E-state index in [-0.39, 0.29) is 37.8 Å². The van der Waals surface area contributed by atoms with Crippen LogP contribution in [-0.2, 0) is 11.3 Å². The summed E-state index contributed by atoms with van der Waals surface area (Å²) in [5.41, 5.74) is 0.972. The van der Waals surface area contributed by atoms with Gasteiger partial charge in [0.15, 0.2) is 0 Å². The third kappa shape index (κ3) is 4.70. The summed E-state index contributed by atoms with van der Waals surface area (Å²) in [7, 11) is 0. The zero-order chi connectivity index (χ0) is 12.8. The van der Waals surface area contributed by atoms with Gasteiger partial charge < -0.3 is 20.1 Å². The van der Waals surface area contributed by atoms with Crippen LogP contribution in [0, 0.1) is 0 Å². The van der Waals surface area contributed by atoms with Gasteiger partial charge in [-0.15, -0.1) is 12.4 Å². The fourth-order valence-electron chi connectivity index (χ4n) is 1.92. The van der Waals surface area contributed by atoms with Crippen molar-refractivity contribution in [2.75, 3.05) is 26.2 Å². The minimum atomic E-state index is -0.321. The first kappa shape index (κ1) is 15.8. The molecule has 1 fully saturated rings. The summed E-state index contributed by atoms with van der Waals surface area (Å²) in [6.45, 7) is 2.11. The molecular weight excluding hydrogens is 268 g/mol. The van der Waals surface area contributed by atoms with Gasteiger partial charge in [0.25, 0.3) is 0 Å². The number of aliphatic hydroxyl groups excluding tert-OH is 1. The van der Waals surface area contributed by atoms with Crippen molar-refractivity contribution in [3.05, 3.63) is 35.9 Å². The number of halogens is 1. The van der Waals surface area contributed by atoms with Crippen molar-refractivity contribution in [1.82, 2.24) is 10.2 Å². The highest BCUT2D eigenvalue weighted by molar-refractivity contribution is 5.85. The van der Waals surface area contributed by atoms with E-state index in [9.17, 15) is 4.79 Å². The molecule has 0 unspecified atom stereocenters. The third-order valence-electron chi connectivity index (χ3n) is 2.94. The van der Waals surface area contributed by atoms with Gasteiger partial charge in [0.2, 0.25) is 0 Å². The van der Waals surface area contributed by atoms with Gasteiger partial charge in [-0.2, -0.15) is 0 Å². The maximum atomic E-state index is 11.8. The maximum absolute atomic E-state index is 11.8. The molecule has 106 valence electrons. The third-order valence-corrected chi connectivity index (χ3v) is 2.94. The number of nitrogens with zero attached hydrogens (tertiary/aromatic N) is 1. The minimum absolute atomic E-state index is 0. The van der Waals surface area contributed by atoms with Crippen LogP contribution in [-0.4, -0.2) is 48.4 Å². The number of carbonyl (C=O) groups is 1. The van der Waals surface area contributed by atoms with Crippen LogP contribution in [0.3, 0.4) is 0 Å². The summed E-state index contributed by atoms with van der Waals surface area (Å²) >= 11 is 0. The molecule has 1 amide bonds. The van der Waals surface area contributed by atoms with Crippen molar-refractivity contribution < 1.29 is 14.6 Å². The standard InChI is InChI=1S/C13H18N2O3.ClH/c16-9-12-8-15(7-6-14-12)13(17)18-10-11-4-2-1-3-5-11;/h1-5,12,14,16H,6-10H2;1H/t12-;/m1./s1. The summed E-state index contributed by atoms with van der Waals surface area (Å²) in [6.07, 6.45) is -0.321. The van der Waals surface area contributed by atoms with E-state index < -0.39 is 0 Å². The van der Waals surface area contributed by atoms with E-state index in [1.165, 1.54) is 0 Å². The molecule has 5 nitrogen and oxygen atoms in total. The van der Waals surface area contributed by atoms with Crippen LogP contribution in [0.2, 0.25) is 0 Å². The van der Waals surface area contributed by atoms with Crippen LogP contribution >= 0.6 is 12.4 Å². The molecule has 1 aromatic rings. The zero-order valence-electron chi connectivity index (χ0n) is 10.6. The van der Waals surface area contributed by atoms with Crippen LogP contribution < -0.4 is 5.32 Å². The minimum Gasteiger partial charge on any atom is -0.445 e. The number of nitrogens with one attached hydrogen (secondary N) is 1. The molecule has 1 saturated heterocycles. The molecule has 0 aliphatic carbocycles. The highest BCUT2D eigenvalue weighted by Gasteiger charge is 2.23. The van der Waals surface area contributed by atoms with Gasteiger partial charge in [0, 0.05) is 25.7 Å². The summed E-state index contributed by atoms with van der Waals surface area (Å²) in [5, 5.41) is 12.2. The number of piperazine rings is 1. The predicted molar refractivity (Wildman–Crippen MR) is 74.3 cm³/mol. The van der Waals surface area contributed by atoms with E-state index in [1.807, 2.05) is 30.3 Å². The molecule has 0 spiro atoms. The van der Waals surface area contributed by atoms with Gasteiger partial charge in [0.1, 0.15) is 6.61 Å².